The molecule has 3 aromatic rings. The van der Waals surface area contributed by atoms with Crippen molar-refractivity contribution in [2.75, 3.05) is 12.4 Å². The zero-order chi connectivity index (χ0) is 22.2. The summed E-state index contributed by atoms with van der Waals surface area (Å²) in [5.41, 5.74) is 1.55. The third-order valence-electron chi connectivity index (χ3n) is 4.30. The number of nitro groups is 1. The molecule has 1 amide bonds. The lowest BCUT2D eigenvalue weighted by Gasteiger charge is -2.13. The Morgan fingerprint density at radius 3 is 2.55 bits per heavy atom. The van der Waals surface area contributed by atoms with Crippen LogP contribution in [0.4, 0.5) is 11.4 Å². The molecule has 0 aliphatic heterocycles. The largest absolute Gasteiger partial charge is 0.493 e. The standard InChI is InChI=1S/C23H19BrN2O5/c1-30-21-8-4-5-17(23(21)31-15-16-9-12-18(24)13-10-16)11-14-22(27)25-19-6-2-3-7-20(19)26(28)29/h2-14H,15H2,1H3,(H,25,27)/b14-11+. The topological polar surface area (TPSA) is 90.7 Å². The Bertz CT molecular complexity index is 1110. The molecule has 0 spiro atoms. The number of anilines is 1. The van der Waals surface area contributed by atoms with Crippen molar-refractivity contribution in [3.63, 3.8) is 0 Å². The number of ether oxygens (including phenoxy) is 2. The Labute approximate surface area is 187 Å². The lowest BCUT2D eigenvalue weighted by Crippen LogP contribution is -2.09. The van der Waals surface area contributed by atoms with E-state index in [1.807, 2.05) is 24.3 Å². The van der Waals surface area contributed by atoms with Crippen LogP contribution in [0.1, 0.15) is 11.1 Å². The molecule has 0 aliphatic carbocycles. The highest BCUT2D eigenvalue weighted by atomic mass is 79.9. The second-order valence-electron chi connectivity index (χ2n) is 6.39. The van der Waals surface area contributed by atoms with E-state index in [0.29, 0.717) is 23.7 Å². The first kappa shape index (κ1) is 22.0. The van der Waals surface area contributed by atoms with Gasteiger partial charge in [0, 0.05) is 22.2 Å². The monoisotopic (exact) mass is 482 g/mol. The predicted octanol–water partition coefficient (Wildman–Crippen LogP) is 5.60. The second-order valence-corrected chi connectivity index (χ2v) is 7.31. The van der Waals surface area contributed by atoms with Gasteiger partial charge < -0.3 is 14.8 Å². The van der Waals surface area contributed by atoms with E-state index in [4.69, 9.17) is 9.47 Å². The van der Waals surface area contributed by atoms with E-state index in [-0.39, 0.29) is 11.4 Å². The first-order valence-corrected chi connectivity index (χ1v) is 10.0. The Morgan fingerprint density at radius 1 is 1.10 bits per heavy atom. The minimum Gasteiger partial charge on any atom is -0.493 e. The fourth-order valence-electron chi connectivity index (χ4n) is 2.79. The summed E-state index contributed by atoms with van der Waals surface area (Å²) in [4.78, 5) is 22.9. The number of methoxy groups -OCH3 is 1. The molecule has 158 valence electrons. The van der Waals surface area contributed by atoms with E-state index in [0.717, 1.165) is 10.0 Å². The molecule has 0 bridgehead atoms. The number of para-hydroxylation sites is 3. The highest BCUT2D eigenvalue weighted by Crippen LogP contribution is 2.33. The number of halogens is 1. The molecule has 3 rings (SSSR count). The molecular weight excluding hydrogens is 464 g/mol. The van der Waals surface area contributed by atoms with Crippen molar-refractivity contribution in [1.29, 1.82) is 0 Å². The van der Waals surface area contributed by atoms with Gasteiger partial charge in [0.1, 0.15) is 12.3 Å². The number of amides is 1. The van der Waals surface area contributed by atoms with Crippen LogP contribution in [0.5, 0.6) is 11.5 Å². The van der Waals surface area contributed by atoms with Crippen molar-refractivity contribution in [3.05, 3.63) is 98.5 Å². The lowest BCUT2D eigenvalue weighted by molar-refractivity contribution is -0.383. The van der Waals surface area contributed by atoms with Crippen LogP contribution in [-0.2, 0) is 11.4 Å². The third kappa shape index (κ3) is 5.93. The fraction of sp³-hybridized carbons (Fsp3) is 0.0870. The summed E-state index contributed by atoms with van der Waals surface area (Å²) in [6, 6.07) is 19.0. The van der Waals surface area contributed by atoms with Gasteiger partial charge in [-0.1, -0.05) is 52.3 Å². The van der Waals surface area contributed by atoms with Crippen LogP contribution in [0.15, 0.2) is 77.3 Å². The molecule has 31 heavy (non-hydrogen) atoms. The SMILES string of the molecule is COc1cccc(/C=C/C(=O)Nc2ccccc2[N+](=O)[O-])c1OCc1ccc(Br)cc1. The summed E-state index contributed by atoms with van der Waals surface area (Å²) >= 11 is 3.40. The van der Waals surface area contributed by atoms with Crippen molar-refractivity contribution >= 4 is 39.3 Å². The van der Waals surface area contributed by atoms with Crippen LogP contribution >= 0.6 is 15.9 Å². The number of carbonyl (C=O) groups excluding carboxylic acids is 1. The second kappa shape index (κ2) is 10.4. The van der Waals surface area contributed by atoms with E-state index < -0.39 is 10.8 Å². The van der Waals surface area contributed by atoms with Gasteiger partial charge in [-0.05, 0) is 35.9 Å². The average Bonchev–Trinajstić information content (AvgIpc) is 2.77. The van der Waals surface area contributed by atoms with Gasteiger partial charge in [-0.2, -0.15) is 0 Å². The highest BCUT2D eigenvalue weighted by Gasteiger charge is 2.14. The van der Waals surface area contributed by atoms with Crippen LogP contribution < -0.4 is 14.8 Å². The zero-order valence-corrected chi connectivity index (χ0v) is 18.2. The van der Waals surface area contributed by atoms with Crippen LogP contribution in [0, 0.1) is 10.1 Å². The number of benzene rings is 3. The van der Waals surface area contributed by atoms with E-state index in [9.17, 15) is 14.9 Å². The minimum absolute atomic E-state index is 0.125. The average molecular weight is 483 g/mol. The number of carbonyl (C=O) groups is 1. The molecule has 0 atom stereocenters. The van der Waals surface area contributed by atoms with E-state index in [2.05, 4.69) is 21.2 Å². The first-order valence-electron chi connectivity index (χ1n) is 9.24. The molecule has 0 aliphatic rings. The van der Waals surface area contributed by atoms with Gasteiger partial charge in [-0.15, -0.1) is 0 Å². The highest BCUT2D eigenvalue weighted by molar-refractivity contribution is 9.10. The van der Waals surface area contributed by atoms with Crippen molar-refractivity contribution < 1.29 is 19.2 Å². The molecule has 0 saturated heterocycles. The Balaban J connectivity index is 1.77. The van der Waals surface area contributed by atoms with Gasteiger partial charge in [0.2, 0.25) is 5.91 Å². The summed E-state index contributed by atoms with van der Waals surface area (Å²) in [6.45, 7) is 0.316. The molecule has 1 N–H and O–H groups in total. The molecule has 0 saturated carbocycles. The molecule has 3 aromatic carbocycles. The predicted molar refractivity (Wildman–Crippen MR) is 122 cm³/mol. The summed E-state index contributed by atoms with van der Waals surface area (Å²) in [7, 11) is 1.54. The van der Waals surface area contributed by atoms with E-state index >= 15 is 0 Å². The molecular formula is C23H19BrN2O5. The van der Waals surface area contributed by atoms with Crippen molar-refractivity contribution in [3.8, 4) is 11.5 Å². The molecule has 8 heteroatoms. The zero-order valence-electron chi connectivity index (χ0n) is 16.6. The van der Waals surface area contributed by atoms with Gasteiger partial charge in [0.05, 0.1) is 12.0 Å². The van der Waals surface area contributed by atoms with Crippen molar-refractivity contribution in [1.82, 2.24) is 0 Å². The maximum Gasteiger partial charge on any atom is 0.292 e. The summed E-state index contributed by atoms with van der Waals surface area (Å²) < 4.78 is 12.3. The molecule has 0 unspecified atom stereocenters. The smallest absolute Gasteiger partial charge is 0.292 e. The number of hydrogen-bond acceptors (Lipinski definition) is 5. The lowest BCUT2D eigenvalue weighted by atomic mass is 10.1. The van der Waals surface area contributed by atoms with Gasteiger partial charge >= 0.3 is 0 Å². The first-order chi connectivity index (χ1) is 15.0. The molecule has 0 fully saturated rings. The maximum atomic E-state index is 12.3. The van der Waals surface area contributed by atoms with Gasteiger partial charge in [-0.25, -0.2) is 0 Å². The molecule has 0 aromatic heterocycles. The molecule has 0 radical (unpaired) electrons. The molecule has 7 nitrogen and oxygen atoms in total. The quantitative estimate of drug-likeness (QED) is 0.256. The van der Waals surface area contributed by atoms with Crippen molar-refractivity contribution in [2.24, 2.45) is 0 Å². The van der Waals surface area contributed by atoms with Gasteiger partial charge in [-0.3, -0.25) is 14.9 Å². The van der Waals surface area contributed by atoms with Gasteiger partial charge in [0.15, 0.2) is 11.5 Å². The van der Waals surface area contributed by atoms with Crippen LogP contribution in [0.25, 0.3) is 6.08 Å². The number of hydrogen-bond donors (Lipinski definition) is 1. The van der Waals surface area contributed by atoms with Crippen LogP contribution in [0.2, 0.25) is 0 Å². The number of nitrogens with one attached hydrogen (secondary N) is 1. The summed E-state index contributed by atoms with van der Waals surface area (Å²) in [5.74, 6) is 0.511. The summed E-state index contributed by atoms with van der Waals surface area (Å²) in [6.07, 6.45) is 2.86. The van der Waals surface area contributed by atoms with E-state index in [1.165, 1.54) is 31.4 Å². The summed E-state index contributed by atoms with van der Waals surface area (Å²) in [5, 5.41) is 13.6. The van der Waals surface area contributed by atoms with E-state index in [1.54, 1.807) is 30.3 Å². The van der Waals surface area contributed by atoms with Gasteiger partial charge in [0.25, 0.3) is 5.69 Å². The number of nitro benzene ring substituents is 1. The number of nitrogens with zero attached hydrogens (tertiary/aromatic N) is 1. The van der Waals surface area contributed by atoms with Crippen LogP contribution in [0.3, 0.4) is 0 Å². The Hall–Kier alpha value is -3.65. The molecule has 0 heterocycles. The van der Waals surface area contributed by atoms with Crippen LogP contribution in [-0.4, -0.2) is 17.9 Å². The van der Waals surface area contributed by atoms with Crippen molar-refractivity contribution in [2.45, 2.75) is 6.61 Å². The Morgan fingerprint density at radius 2 is 1.84 bits per heavy atom. The maximum absolute atomic E-state index is 12.3. The normalized spacial score (nSPS) is 10.6. The minimum atomic E-state index is -0.546. The third-order valence-corrected chi connectivity index (χ3v) is 4.83. The number of rotatable bonds is 8. The Kier molecular flexibility index (Phi) is 7.40. The fourth-order valence-corrected chi connectivity index (χ4v) is 3.06.